The Morgan fingerprint density at radius 1 is 1.40 bits per heavy atom. The molecule has 0 aliphatic heterocycles. The molecule has 0 saturated carbocycles. The van der Waals surface area contributed by atoms with Gasteiger partial charge in [0.15, 0.2) is 0 Å². The van der Waals surface area contributed by atoms with E-state index in [9.17, 15) is 4.39 Å². The summed E-state index contributed by atoms with van der Waals surface area (Å²) >= 11 is 5.87. The number of hydrogen-bond acceptors (Lipinski definition) is 1. The van der Waals surface area contributed by atoms with Gasteiger partial charge in [-0.05, 0) is 48.6 Å². The van der Waals surface area contributed by atoms with Crippen molar-refractivity contribution in [2.45, 2.75) is 26.2 Å². The molecule has 0 amide bonds. The molecule has 2 N–H and O–H groups in total. The lowest BCUT2D eigenvalue weighted by Crippen LogP contribution is -2.14. The lowest BCUT2D eigenvalue weighted by molar-refractivity contribution is 0.451. The fourth-order valence-corrected chi connectivity index (χ4v) is 2.01. The highest BCUT2D eigenvalue weighted by molar-refractivity contribution is 6.30. The molecule has 0 saturated heterocycles. The van der Waals surface area contributed by atoms with E-state index >= 15 is 0 Å². The van der Waals surface area contributed by atoms with Gasteiger partial charge >= 0.3 is 0 Å². The lowest BCUT2D eigenvalue weighted by Gasteiger charge is -2.21. The summed E-state index contributed by atoms with van der Waals surface area (Å²) in [7, 11) is 0. The number of halogens is 2. The van der Waals surface area contributed by atoms with E-state index in [1.807, 2.05) is 0 Å². The molecule has 3 heteroatoms. The first-order chi connectivity index (χ1) is 7.06. The molecule has 0 heterocycles. The Labute approximate surface area is 95.4 Å². The summed E-state index contributed by atoms with van der Waals surface area (Å²) in [5, 5.41) is 0.578. The maximum absolute atomic E-state index is 13.6. The first kappa shape index (κ1) is 12.5. The highest BCUT2D eigenvalue weighted by atomic mass is 35.5. The molecule has 1 atom stereocenters. The second-order valence-corrected chi connectivity index (χ2v) is 4.53. The summed E-state index contributed by atoms with van der Waals surface area (Å²) in [5.74, 6) is 0.321. The van der Waals surface area contributed by atoms with Gasteiger partial charge in [0, 0.05) is 5.02 Å². The molecule has 1 aromatic rings. The third-order valence-corrected chi connectivity index (χ3v) is 2.88. The van der Waals surface area contributed by atoms with Crippen LogP contribution in [0.4, 0.5) is 4.39 Å². The number of benzene rings is 1. The smallest absolute Gasteiger partial charge is 0.126 e. The standard InChI is InChI=1S/C12H17ClFN/c1-8(2)10(5-6-15)11-7-9(13)3-4-12(11)14/h3-4,7-8,10H,5-6,15H2,1-2H3. The van der Waals surface area contributed by atoms with Crippen molar-refractivity contribution in [3.8, 4) is 0 Å². The van der Waals surface area contributed by atoms with E-state index in [1.165, 1.54) is 6.07 Å². The van der Waals surface area contributed by atoms with Crippen molar-refractivity contribution in [2.24, 2.45) is 11.7 Å². The second-order valence-electron chi connectivity index (χ2n) is 4.09. The van der Waals surface area contributed by atoms with Crippen LogP contribution in [-0.2, 0) is 0 Å². The maximum atomic E-state index is 13.6. The Balaban J connectivity index is 3.04. The summed E-state index contributed by atoms with van der Waals surface area (Å²) in [6, 6.07) is 4.70. The van der Waals surface area contributed by atoms with Gasteiger partial charge in [0.2, 0.25) is 0 Å². The molecule has 1 aromatic carbocycles. The van der Waals surface area contributed by atoms with Gasteiger partial charge in [-0.1, -0.05) is 25.4 Å². The van der Waals surface area contributed by atoms with Gasteiger partial charge in [-0.2, -0.15) is 0 Å². The van der Waals surface area contributed by atoms with E-state index < -0.39 is 0 Å². The Morgan fingerprint density at radius 3 is 2.60 bits per heavy atom. The van der Waals surface area contributed by atoms with E-state index in [4.69, 9.17) is 17.3 Å². The SMILES string of the molecule is CC(C)C(CCN)c1cc(Cl)ccc1F. The fraction of sp³-hybridized carbons (Fsp3) is 0.500. The monoisotopic (exact) mass is 229 g/mol. The normalized spacial score (nSPS) is 13.2. The van der Waals surface area contributed by atoms with E-state index in [1.54, 1.807) is 12.1 Å². The van der Waals surface area contributed by atoms with Crippen LogP contribution in [0.15, 0.2) is 18.2 Å². The molecule has 0 aromatic heterocycles. The molecule has 0 aliphatic rings. The number of nitrogens with two attached hydrogens (primary N) is 1. The molecule has 0 aliphatic carbocycles. The van der Waals surface area contributed by atoms with Gasteiger partial charge < -0.3 is 5.73 Å². The third-order valence-electron chi connectivity index (χ3n) is 2.64. The van der Waals surface area contributed by atoms with Crippen LogP contribution in [-0.4, -0.2) is 6.54 Å². The van der Waals surface area contributed by atoms with Crippen LogP contribution in [0, 0.1) is 11.7 Å². The van der Waals surface area contributed by atoms with Gasteiger partial charge in [0.05, 0.1) is 0 Å². The second kappa shape index (κ2) is 5.47. The van der Waals surface area contributed by atoms with Crippen LogP contribution in [0.25, 0.3) is 0 Å². The summed E-state index contributed by atoms with van der Waals surface area (Å²) in [5.41, 5.74) is 6.22. The van der Waals surface area contributed by atoms with Crippen molar-refractivity contribution in [3.05, 3.63) is 34.6 Å². The van der Waals surface area contributed by atoms with Crippen LogP contribution in [0.2, 0.25) is 5.02 Å². The molecule has 1 rings (SSSR count). The van der Waals surface area contributed by atoms with Crippen molar-refractivity contribution in [1.29, 1.82) is 0 Å². The lowest BCUT2D eigenvalue weighted by atomic mass is 9.85. The Kier molecular flexibility index (Phi) is 4.55. The zero-order valence-electron chi connectivity index (χ0n) is 9.13. The molecular weight excluding hydrogens is 213 g/mol. The van der Waals surface area contributed by atoms with E-state index in [-0.39, 0.29) is 11.7 Å². The summed E-state index contributed by atoms with van der Waals surface area (Å²) in [6.45, 7) is 4.70. The highest BCUT2D eigenvalue weighted by Crippen LogP contribution is 2.31. The molecule has 0 bridgehead atoms. The van der Waals surface area contributed by atoms with Gasteiger partial charge in [-0.3, -0.25) is 0 Å². The summed E-state index contributed by atoms with van der Waals surface area (Å²) in [4.78, 5) is 0. The highest BCUT2D eigenvalue weighted by Gasteiger charge is 2.18. The Bertz CT molecular complexity index is 325. The van der Waals surface area contributed by atoms with Crippen LogP contribution in [0.5, 0.6) is 0 Å². The van der Waals surface area contributed by atoms with Crippen molar-refractivity contribution in [2.75, 3.05) is 6.54 Å². The zero-order valence-corrected chi connectivity index (χ0v) is 9.89. The average Bonchev–Trinajstić information content (AvgIpc) is 2.18. The van der Waals surface area contributed by atoms with Crippen molar-refractivity contribution in [1.82, 2.24) is 0 Å². The molecule has 0 radical (unpaired) electrons. The first-order valence-corrected chi connectivity index (χ1v) is 5.59. The van der Waals surface area contributed by atoms with Crippen molar-refractivity contribution < 1.29 is 4.39 Å². The maximum Gasteiger partial charge on any atom is 0.126 e. The predicted molar refractivity (Wildman–Crippen MR) is 62.7 cm³/mol. The topological polar surface area (TPSA) is 26.0 Å². The van der Waals surface area contributed by atoms with Crippen LogP contribution in [0.1, 0.15) is 31.7 Å². The van der Waals surface area contributed by atoms with E-state index in [2.05, 4.69) is 13.8 Å². The van der Waals surface area contributed by atoms with Gasteiger partial charge in [-0.15, -0.1) is 0 Å². The molecule has 1 unspecified atom stereocenters. The van der Waals surface area contributed by atoms with Crippen LogP contribution < -0.4 is 5.73 Å². The molecular formula is C12H17ClFN. The molecule has 15 heavy (non-hydrogen) atoms. The average molecular weight is 230 g/mol. The summed E-state index contributed by atoms with van der Waals surface area (Å²) < 4.78 is 13.6. The third kappa shape index (κ3) is 3.18. The van der Waals surface area contributed by atoms with Crippen molar-refractivity contribution in [3.63, 3.8) is 0 Å². The van der Waals surface area contributed by atoms with Gasteiger partial charge in [0.25, 0.3) is 0 Å². The summed E-state index contributed by atoms with van der Waals surface area (Å²) in [6.07, 6.45) is 0.787. The largest absolute Gasteiger partial charge is 0.330 e. The predicted octanol–water partition coefficient (Wildman–Crippen LogP) is 3.57. The minimum absolute atomic E-state index is 0.147. The quantitative estimate of drug-likeness (QED) is 0.840. The van der Waals surface area contributed by atoms with E-state index in [0.717, 1.165) is 6.42 Å². The minimum Gasteiger partial charge on any atom is -0.330 e. The fourth-order valence-electron chi connectivity index (χ4n) is 1.83. The molecule has 0 spiro atoms. The van der Waals surface area contributed by atoms with Crippen LogP contribution >= 0.6 is 11.6 Å². The Hall–Kier alpha value is -0.600. The number of hydrogen-bond donors (Lipinski definition) is 1. The van der Waals surface area contributed by atoms with E-state index in [0.29, 0.717) is 23.0 Å². The van der Waals surface area contributed by atoms with Gasteiger partial charge in [0.1, 0.15) is 5.82 Å². The van der Waals surface area contributed by atoms with Crippen molar-refractivity contribution >= 4 is 11.6 Å². The first-order valence-electron chi connectivity index (χ1n) is 5.21. The minimum atomic E-state index is -0.188. The molecule has 84 valence electrons. The number of rotatable bonds is 4. The Morgan fingerprint density at radius 2 is 2.07 bits per heavy atom. The zero-order chi connectivity index (χ0) is 11.4. The molecule has 0 fully saturated rings. The van der Waals surface area contributed by atoms with Crippen LogP contribution in [0.3, 0.4) is 0 Å². The molecule has 1 nitrogen and oxygen atoms in total. The van der Waals surface area contributed by atoms with Gasteiger partial charge in [-0.25, -0.2) is 4.39 Å².